The zero-order valence-electron chi connectivity index (χ0n) is 10.5. The third-order valence-electron chi connectivity index (χ3n) is 3.33. The van der Waals surface area contributed by atoms with Crippen molar-refractivity contribution in [2.24, 2.45) is 5.92 Å². The standard InChI is InChI=1S/C13H15F3N2O/c1-9(10-2-3-10)18(8-13(14,15)16)12(19)11-4-6-17-7-5-11/h4-7,9-10H,2-3,8H2,1H3/t9-/m0/s1. The van der Waals surface area contributed by atoms with Crippen LogP contribution in [0.25, 0.3) is 0 Å². The summed E-state index contributed by atoms with van der Waals surface area (Å²) in [5, 5.41) is 0. The van der Waals surface area contributed by atoms with E-state index < -0.39 is 18.6 Å². The molecule has 2 rings (SSSR count). The van der Waals surface area contributed by atoms with Gasteiger partial charge in [0.25, 0.3) is 5.91 Å². The van der Waals surface area contributed by atoms with Gasteiger partial charge in [-0.05, 0) is 37.8 Å². The van der Waals surface area contributed by atoms with E-state index in [4.69, 9.17) is 0 Å². The predicted octanol–water partition coefficient (Wildman–Crippen LogP) is 2.88. The number of aromatic nitrogens is 1. The Hall–Kier alpha value is -1.59. The van der Waals surface area contributed by atoms with E-state index >= 15 is 0 Å². The van der Waals surface area contributed by atoms with E-state index in [1.807, 2.05) is 0 Å². The summed E-state index contributed by atoms with van der Waals surface area (Å²) in [4.78, 5) is 16.9. The average molecular weight is 272 g/mol. The van der Waals surface area contributed by atoms with Gasteiger partial charge in [-0.25, -0.2) is 0 Å². The van der Waals surface area contributed by atoms with Gasteiger partial charge in [-0.2, -0.15) is 13.2 Å². The van der Waals surface area contributed by atoms with Gasteiger partial charge >= 0.3 is 6.18 Å². The Balaban J connectivity index is 2.19. The van der Waals surface area contributed by atoms with Crippen molar-refractivity contribution in [2.75, 3.05) is 6.54 Å². The van der Waals surface area contributed by atoms with Crippen LogP contribution in [0, 0.1) is 5.92 Å². The first-order valence-corrected chi connectivity index (χ1v) is 6.16. The van der Waals surface area contributed by atoms with Crippen LogP contribution >= 0.6 is 0 Å². The van der Waals surface area contributed by atoms with Crippen LogP contribution < -0.4 is 0 Å². The number of hydrogen-bond acceptors (Lipinski definition) is 2. The minimum absolute atomic E-state index is 0.188. The maximum Gasteiger partial charge on any atom is 0.406 e. The number of amides is 1. The van der Waals surface area contributed by atoms with Crippen LogP contribution in [0.1, 0.15) is 30.1 Å². The second-order valence-corrected chi connectivity index (χ2v) is 4.86. The number of nitrogens with zero attached hydrogens (tertiary/aromatic N) is 2. The fourth-order valence-corrected chi connectivity index (χ4v) is 2.09. The first-order valence-electron chi connectivity index (χ1n) is 6.16. The van der Waals surface area contributed by atoms with Crippen molar-refractivity contribution in [3.8, 4) is 0 Å². The summed E-state index contributed by atoms with van der Waals surface area (Å²) >= 11 is 0. The molecule has 1 fully saturated rings. The Labute approximate surface area is 109 Å². The summed E-state index contributed by atoms with van der Waals surface area (Å²) in [7, 11) is 0. The summed E-state index contributed by atoms with van der Waals surface area (Å²) in [6, 6.07) is 2.48. The monoisotopic (exact) mass is 272 g/mol. The number of pyridine rings is 1. The fourth-order valence-electron chi connectivity index (χ4n) is 2.09. The molecule has 3 nitrogen and oxygen atoms in total. The molecular weight excluding hydrogens is 257 g/mol. The molecule has 1 amide bonds. The number of halogens is 3. The second kappa shape index (κ2) is 5.19. The van der Waals surface area contributed by atoms with E-state index in [9.17, 15) is 18.0 Å². The van der Waals surface area contributed by atoms with Crippen molar-refractivity contribution >= 4 is 5.91 Å². The summed E-state index contributed by atoms with van der Waals surface area (Å²) in [5.41, 5.74) is 0.242. The highest BCUT2D eigenvalue weighted by Gasteiger charge is 2.40. The lowest BCUT2D eigenvalue weighted by atomic mass is 10.1. The van der Waals surface area contributed by atoms with Gasteiger partial charge in [-0.1, -0.05) is 0 Å². The quantitative estimate of drug-likeness (QED) is 0.844. The SMILES string of the molecule is C[C@@H](C1CC1)N(CC(F)(F)F)C(=O)c1ccncc1. The largest absolute Gasteiger partial charge is 0.406 e. The van der Waals surface area contributed by atoms with Crippen LogP contribution in [0.2, 0.25) is 0 Å². The summed E-state index contributed by atoms with van der Waals surface area (Å²) < 4.78 is 37.9. The summed E-state index contributed by atoms with van der Waals surface area (Å²) in [5.74, 6) is -0.396. The summed E-state index contributed by atoms with van der Waals surface area (Å²) in [6.07, 6.45) is 0.200. The van der Waals surface area contributed by atoms with Crippen molar-refractivity contribution in [2.45, 2.75) is 32.0 Å². The third-order valence-corrected chi connectivity index (χ3v) is 3.33. The lowest BCUT2D eigenvalue weighted by Crippen LogP contribution is -2.45. The van der Waals surface area contributed by atoms with Crippen LogP contribution in [0.15, 0.2) is 24.5 Å². The van der Waals surface area contributed by atoms with Gasteiger partial charge in [0, 0.05) is 24.0 Å². The predicted molar refractivity (Wildman–Crippen MR) is 63.5 cm³/mol. The maximum atomic E-state index is 12.6. The van der Waals surface area contributed by atoms with Crippen molar-refractivity contribution in [3.63, 3.8) is 0 Å². The van der Waals surface area contributed by atoms with E-state index in [0.717, 1.165) is 17.7 Å². The van der Waals surface area contributed by atoms with Gasteiger partial charge < -0.3 is 4.90 Å². The lowest BCUT2D eigenvalue weighted by Gasteiger charge is -2.30. The van der Waals surface area contributed by atoms with Crippen molar-refractivity contribution in [1.29, 1.82) is 0 Å². The first-order chi connectivity index (χ1) is 8.88. The van der Waals surface area contributed by atoms with E-state index in [1.54, 1.807) is 6.92 Å². The molecule has 0 aliphatic heterocycles. The molecule has 0 saturated heterocycles. The van der Waals surface area contributed by atoms with Gasteiger partial charge in [0.1, 0.15) is 6.54 Å². The molecular formula is C13H15F3N2O. The molecule has 0 spiro atoms. The van der Waals surface area contributed by atoms with Gasteiger partial charge in [0.15, 0.2) is 0 Å². The number of alkyl halides is 3. The normalized spacial score (nSPS) is 17.1. The molecule has 1 aliphatic carbocycles. The molecule has 19 heavy (non-hydrogen) atoms. The Morgan fingerprint density at radius 2 is 2.00 bits per heavy atom. The molecule has 0 unspecified atom stereocenters. The van der Waals surface area contributed by atoms with Gasteiger partial charge in [0.05, 0.1) is 0 Å². The van der Waals surface area contributed by atoms with Crippen LogP contribution in [-0.4, -0.2) is 34.6 Å². The van der Waals surface area contributed by atoms with E-state index in [0.29, 0.717) is 0 Å². The molecule has 1 heterocycles. The number of carbonyl (C=O) groups is 1. The Bertz CT molecular complexity index is 443. The highest BCUT2D eigenvalue weighted by Crippen LogP contribution is 2.36. The van der Waals surface area contributed by atoms with Gasteiger partial charge in [0.2, 0.25) is 0 Å². The average Bonchev–Trinajstić information content (AvgIpc) is 3.18. The van der Waals surface area contributed by atoms with E-state index in [2.05, 4.69) is 4.98 Å². The van der Waals surface area contributed by atoms with Crippen LogP contribution in [0.4, 0.5) is 13.2 Å². The van der Waals surface area contributed by atoms with Crippen molar-refractivity contribution in [1.82, 2.24) is 9.88 Å². The van der Waals surface area contributed by atoms with Crippen LogP contribution in [0.5, 0.6) is 0 Å². The highest BCUT2D eigenvalue weighted by atomic mass is 19.4. The Kier molecular flexibility index (Phi) is 3.78. The van der Waals surface area contributed by atoms with Crippen LogP contribution in [0.3, 0.4) is 0 Å². The van der Waals surface area contributed by atoms with Gasteiger partial charge in [-0.15, -0.1) is 0 Å². The Morgan fingerprint density at radius 1 is 1.42 bits per heavy atom. The van der Waals surface area contributed by atoms with Crippen LogP contribution in [-0.2, 0) is 0 Å². The molecule has 0 N–H and O–H groups in total. The second-order valence-electron chi connectivity index (χ2n) is 4.86. The first kappa shape index (κ1) is 13.8. The van der Waals surface area contributed by atoms with Gasteiger partial charge in [-0.3, -0.25) is 9.78 Å². The molecule has 1 aromatic rings. The fraction of sp³-hybridized carbons (Fsp3) is 0.538. The molecule has 104 valence electrons. The zero-order chi connectivity index (χ0) is 14.0. The molecule has 0 bridgehead atoms. The molecule has 1 atom stereocenters. The van der Waals surface area contributed by atoms with Crippen molar-refractivity contribution in [3.05, 3.63) is 30.1 Å². The summed E-state index contributed by atoms with van der Waals surface area (Å²) in [6.45, 7) is 0.480. The molecule has 1 aliphatic rings. The zero-order valence-corrected chi connectivity index (χ0v) is 10.5. The third kappa shape index (κ3) is 3.68. The van der Waals surface area contributed by atoms with E-state index in [-0.39, 0.29) is 17.5 Å². The molecule has 1 aromatic heterocycles. The molecule has 0 aromatic carbocycles. The molecule has 0 radical (unpaired) electrons. The lowest BCUT2D eigenvalue weighted by molar-refractivity contribution is -0.144. The van der Waals surface area contributed by atoms with Crippen molar-refractivity contribution < 1.29 is 18.0 Å². The topological polar surface area (TPSA) is 33.2 Å². The van der Waals surface area contributed by atoms with E-state index in [1.165, 1.54) is 24.5 Å². The number of carbonyl (C=O) groups excluding carboxylic acids is 1. The Morgan fingerprint density at radius 3 is 2.47 bits per heavy atom. The highest BCUT2D eigenvalue weighted by molar-refractivity contribution is 5.94. The maximum absolute atomic E-state index is 12.6. The number of hydrogen-bond donors (Lipinski definition) is 0. The number of rotatable bonds is 4. The molecule has 6 heteroatoms. The smallest absolute Gasteiger partial charge is 0.327 e. The minimum atomic E-state index is -4.38. The molecule has 1 saturated carbocycles. The minimum Gasteiger partial charge on any atom is -0.327 e.